The van der Waals surface area contributed by atoms with Crippen LogP contribution in [0.25, 0.3) is 10.8 Å². The summed E-state index contributed by atoms with van der Waals surface area (Å²) < 4.78 is 28.5. The summed E-state index contributed by atoms with van der Waals surface area (Å²) in [4.78, 5) is 12.4. The van der Waals surface area contributed by atoms with Crippen molar-refractivity contribution in [3.8, 4) is 0 Å². The number of rotatable bonds is 8. The molecule has 4 rings (SSSR count). The van der Waals surface area contributed by atoms with Gasteiger partial charge in [0.2, 0.25) is 5.91 Å². The molecule has 174 valence electrons. The highest BCUT2D eigenvalue weighted by molar-refractivity contribution is 7.99. The molecule has 5 nitrogen and oxygen atoms in total. The lowest BCUT2D eigenvalue weighted by molar-refractivity contribution is -0.113. The highest BCUT2D eigenvalue weighted by Gasteiger charge is 2.16. The molecule has 34 heavy (non-hydrogen) atoms. The van der Waals surface area contributed by atoms with E-state index in [1.54, 1.807) is 30.0 Å². The fourth-order valence-electron chi connectivity index (χ4n) is 3.85. The number of nitrogens with one attached hydrogen (secondary N) is 2. The maximum Gasteiger partial charge on any atom is 0.261 e. The number of carbonyl (C=O) groups is 1. The first-order chi connectivity index (χ1) is 16.3. The number of carbonyl (C=O) groups excluding carboxylic acids is 1. The van der Waals surface area contributed by atoms with E-state index in [1.807, 2.05) is 36.4 Å². The van der Waals surface area contributed by atoms with E-state index in [0.717, 1.165) is 16.5 Å². The highest BCUT2D eigenvalue weighted by Crippen LogP contribution is 2.26. The van der Waals surface area contributed by atoms with Gasteiger partial charge in [-0.2, -0.15) is 0 Å². The van der Waals surface area contributed by atoms with Crippen molar-refractivity contribution in [2.45, 2.75) is 24.5 Å². The van der Waals surface area contributed by atoms with Gasteiger partial charge in [-0.05, 0) is 55.1 Å². The van der Waals surface area contributed by atoms with E-state index in [2.05, 4.69) is 42.1 Å². The summed E-state index contributed by atoms with van der Waals surface area (Å²) in [7, 11) is -3.77. The molecule has 0 aliphatic rings. The molecule has 0 radical (unpaired) electrons. The molecule has 0 unspecified atom stereocenters. The Morgan fingerprint density at radius 3 is 2.26 bits per heavy atom. The smallest absolute Gasteiger partial charge is 0.261 e. The molecule has 0 heterocycles. The molecule has 2 N–H and O–H groups in total. The molecule has 4 aromatic carbocycles. The second kappa shape index (κ2) is 10.3. The van der Waals surface area contributed by atoms with Crippen LogP contribution in [0.3, 0.4) is 0 Å². The summed E-state index contributed by atoms with van der Waals surface area (Å²) in [5, 5.41) is 4.61. The van der Waals surface area contributed by atoms with Gasteiger partial charge in [-0.3, -0.25) is 9.52 Å². The summed E-state index contributed by atoms with van der Waals surface area (Å²) in [5.41, 5.74) is 4.70. The molecular weight excluding hydrogens is 464 g/mol. The summed E-state index contributed by atoms with van der Waals surface area (Å²) in [6.07, 6.45) is 0. The Hall–Kier alpha value is -3.29. The maximum atomic E-state index is 12.9. The van der Waals surface area contributed by atoms with Crippen molar-refractivity contribution in [3.63, 3.8) is 0 Å². The topological polar surface area (TPSA) is 75.3 Å². The predicted octanol–water partition coefficient (Wildman–Crippen LogP) is 6.13. The quantitative estimate of drug-likeness (QED) is 0.312. The van der Waals surface area contributed by atoms with E-state index < -0.39 is 10.0 Å². The Morgan fingerprint density at radius 1 is 0.853 bits per heavy atom. The normalized spacial score (nSPS) is 11.4. The van der Waals surface area contributed by atoms with Crippen LogP contribution in [0.2, 0.25) is 0 Å². The van der Waals surface area contributed by atoms with E-state index in [0.29, 0.717) is 17.1 Å². The molecule has 1 amide bonds. The van der Waals surface area contributed by atoms with Gasteiger partial charge in [0.15, 0.2) is 0 Å². The lowest BCUT2D eigenvalue weighted by Gasteiger charge is -2.11. The minimum Gasteiger partial charge on any atom is -0.325 e. The Balaban J connectivity index is 1.36. The fraction of sp³-hybridized carbons (Fsp3) is 0.148. The standard InChI is InChI=1S/C27H26N2O3S2/c1-19-14-20(2)16-21(15-19)17-33-18-27(30)28-23-10-12-24(13-11-23)34(31,32)29-26-9-5-7-22-6-3-4-8-25(22)26/h3-16,29H,17-18H2,1-2H3,(H,28,30). The summed E-state index contributed by atoms with van der Waals surface area (Å²) in [5.74, 6) is 0.946. The van der Waals surface area contributed by atoms with Crippen molar-refractivity contribution in [1.29, 1.82) is 0 Å². The van der Waals surface area contributed by atoms with Crippen molar-refractivity contribution >= 4 is 49.8 Å². The predicted molar refractivity (Wildman–Crippen MR) is 142 cm³/mol. The van der Waals surface area contributed by atoms with Crippen molar-refractivity contribution in [2.75, 3.05) is 15.8 Å². The summed E-state index contributed by atoms with van der Waals surface area (Å²) >= 11 is 1.54. The van der Waals surface area contributed by atoms with E-state index in [9.17, 15) is 13.2 Å². The molecule has 0 saturated heterocycles. The minimum atomic E-state index is -3.77. The molecule has 0 spiro atoms. The van der Waals surface area contributed by atoms with Crippen LogP contribution in [0.5, 0.6) is 0 Å². The van der Waals surface area contributed by atoms with Gasteiger partial charge in [0, 0.05) is 16.8 Å². The third-order valence-corrected chi connectivity index (χ3v) is 7.65. The van der Waals surface area contributed by atoms with Crippen molar-refractivity contribution in [1.82, 2.24) is 0 Å². The second-order valence-corrected chi connectivity index (χ2v) is 10.9. The summed E-state index contributed by atoms with van der Waals surface area (Å²) in [6, 6.07) is 25.7. The Bertz CT molecular complexity index is 1410. The van der Waals surface area contributed by atoms with Gasteiger partial charge in [-0.25, -0.2) is 8.42 Å². The molecule has 4 aromatic rings. The fourth-order valence-corrected chi connectivity index (χ4v) is 5.69. The van der Waals surface area contributed by atoms with Crippen molar-refractivity contribution < 1.29 is 13.2 Å². The van der Waals surface area contributed by atoms with E-state index >= 15 is 0 Å². The number of fused-ring (bicyclic) bond motifs is 1. The van der Waals surface area contributed by atoms with Gasteiger partial charge in [0.05, 0.1) is 16.3 Å². The largest absolute Gasteiger partial charge is 0.325 e. The zero-order chi connectivity index (χ0) is 24.1. The van der Waals surface area contributed by atoms with Gasteiger partial charge in [-0.1, -0.05) is 65.7 Å². The van der Waals surface area contributed by atoms with Crippen LogP contribution >= 0.6 is 11.8 Å². The number of amides is 1. The number of anilines is 2. The number of thioether (sulfide) groups is 1. The molecule has 0 fully saturated rings. The molecule has 0 saturated carbocycles. The van der Waals surface area contributed by atoms with E-state index in [1.165, 1.54) is 28.8 Å². The second-order valence-electron chi connectivity index (χ2n) is 8.19. The van der Waals surface area contributed by atoms with Gasteiger partial charge in [-0.15, -0.1) is 11.8 Å². The van der Waals surface area contributed by atoms with E-state index in [4.69, 9.17) is 0 Å². The first kappa shape index (κ1) is 23.9. The van der Waals surface area contributed by atoms with Gasteiger partial charge >= 0.3 is 0 Å². The molecule has 0 bridgehead atoms. The van der Waals surface area contributed by atoms with E-state index in [-0.39, 0.29) is 10.8 Å². The molecular formula is C27H26N2O3S2. The average Bonchev–Trinajstić information content (AvgIpc) is 2.79. The minimum absolute atomic E-state index is 0.126. The zero-order valence-corrected chi connectivity index (χ0v) is 20.7. The average molecular weight is 491 g/mol. The molecule has 0 atom stereocenters. The molecule has 0 aliphatic heterocycles. The van der Waals surface area contributed by atoms with Crippen LogP contribution in [0.15, 0.2) is 89.8 Å². The lowest BCUT2D eigenvalue weighted by Crippen LogP contribution is -2.15. The van der Waals surface area contributed by atoms with Gasteiger partial charge in [0.1, 0.15) is 0 Å². The van der Waals surface area contributed by atoms with Gasteiger partial charge < -0.3 is 5.32 Å². The van der Waals surface area contributed by atoms with Crippen LogP contribution in [0.1, 0.15) is 16.7 Å². The van der Waals surface area contributed by atoms with Crippen LogP contribution < -0.4 is 10.0 Å². The number of hydrogen-bond acceptors (Lipinski definition) is 4. The molecule has 0 aliphatic carbocycles. The maximum absolute atomic E-state index is 12.9. The van der Waals surface area contributed by atoms with Crippen LogP contribution in [-0.4, -0.2) is 20.1 Å². The number of aryl methyl sites for hydroxylation is 2. The summed E-state index contributed by atoms with van der Waals surface area (Å²) in [6.45, 7) is 4.13. The third kappa shape index (κ3) is 5.98. The first-order valence-corrected chi connectivity index (χ1v) is 13.5. The SMILES string of the molecule is Cc1cc(C)cc(CSCC(=O)Nc2ccc(S(=O)(=O)Nc3cccc4ccccc34)cc2)c1. The zero-order valence-electron chi connectivity index (χ0n) is 19.0. The Morgan fingerprint density at radius 2 is 1.53 bits per heavy atom. The third-order valence-electron chi connectivity index (χ3n) is 5.27. The van der Waals surface area contributed by atoms with Crippen molar-refractivity contribution in [2.24, 2.45) is 0 Å². The van der Waals surface area contributed by atoms with Crippen LogP contribution in [0.4, 0.5) is 11.4 Å². The number of hydrogen-bond donors (Lipinski definition) is 2. The monoisotopic (exact) mass is 490 g/mol. The first-order valence-electron chi connectivity index (χ1n) is 10.9. The number of sulfonamides is 1. The van der Waals surface area contributed by atoms with Gasteiger partial charge in [0.25, 0.3) is 10.0 Å². The van der Waals surface area contributed by atoms with Crippen LogP contribution in [0, 0.1) is 13.8 Å². The van der Waals surface area contributed by atoms with Crippen LogP contribution in [-0.2, 0) is 20.6 Å². The lowest BCUT2D eigenvalue weighted by atomic mass is 10.1. The molecule has 7 heteroatoms. The molecule has 0 aromatic heterocycles. The van der Waals surface area contributed by atoms with Crippen molar-refractivity contribution in [3.05, 3.63) is 102 Å². The Labute approximate surface area is 204 Å². The highest BCUT2D eigenvalue weighted by atomic mass is 32.2. The Kier molecular flexibility index (Phi) is 7.24. The number of benzene rings is 4.